The van der Waals surface area contributed by atoms with Crippen LogP contribution in [0.3, 0.4) is 0 Å². The van der Waals surface area contributed by atoms with Gasteiger partial charge in [-0.05, 0) is 18.1 Å². The average Bonchev–Trinajstić information content (AvgIpc) is 2.44. The van der Waals surface area contributed by atoms with E-state index in [1.54, 1.807) is 27.7 Å². The van der Waals surface area contributed by atoms with Gasteiger partial charge in [-0.2, -0.15) is 0 Å². The zero-order valence-electron chi connectivity index (χ0n) is 11.4. The Morgan fingerprint density at radius 2 is 1.90 bits per heavy atom. The summed E-state index contributed by atoms with van der Waals surface area (Å²) in [5.41, 5.74) is 0.820. The number of esters is 2. The van der Waals surface area contributed by atoms with Crippen LogP contribution in [0.25, 0.3) is 0 Å². The van der Waals surface area contributed by atoms with Crippen LogP contribution in [0.2, 0.25) is 0 Å². The normalized spacial score (nSPS) is 13.8. The first-order valence-electron chi connectivity index (χ1n) is 6.20. The highest BCUT2D eigenvalue weighted by atomic mass is 33.1. The van der Waals surface area contributed by atoms with Gasteiger partial charge in [-0.15, -0.1) is 0 Å². The summed E-state index contributed by atoms with van der Waals surface area (Å²) < 4.78 is 9.77. The molecule has 6 heteroatoms. The van der Waals surface area contributed by atoms with Crippen LogP contribution < -0.4 is 0 Å². The fourth-order valence-electron chi connectivity index (χ4n) is 1.33. The minimum atomic E-state index is -0.256. The molecule has 0 aliphatic heterocycles. The van der Waals surface area contributed by atoms with Crippen LogP contribution in [0.4, 0.5) is 0 Å². The zero-order chi connectivity index (χ0) is 14.8. The molecule has 1 rings (SSSR count). The van der Waals surface area contributed by atoms with Crippen molar-refractivity contribution in [3.8, 4) is 0 Å². The predicted octanol–water partition coefficient (Wildman–Crippen LogP) is 3.26. The SMILES string of the molecule is C=C1CC=CC=C1OC(=O)CCSSCCC(=O)OC. The summed E-state index contributed by atoms with van der Waals surface area (Å²) in [5.74, 6) is 1.42. The third-order valence-corrected chi connectivity index (χ3v) is 4.82. The van der Waals surface area contributed by atoms with Crippen LogP contribution >= 0.6 is 21.6 Å². The Kier molecular flexibility index (Phi) is 8.22. The first-order chi connectivity index (χ1) is 9.63. The Bertz CT molecular complexity index is 427. The Hall–Kier alpha value is -1.14. The van der Waals surface area contributed by atoms with Crippen LogP contribution in [-0.2, 0) is 19.1 Å². The number of carbonyl (C=O) groups excluding carboxylic acids is 2. The molecule has 0 heterocycles. The van der Waals surface area contributed by atoms with Gasteiger partial charge in [0.2, 0.25) is 0 Å². The molecule has 0 aromatic carbocycles. The van der Waals surface area contributed by atoms with Crippen LogP contribution in [-0.4, -0.2) is 30.6 Å². The van der Waals surface area contributed by atoms with Gasteiger partial charge < -0.3 is 9.47 Å². The van der Waals surface area contributed by atoms with E-state index in [9.17, 15) is 9.59 Å². The lowest BCUT2D eigenvalue weighted by atomic mass is 10.1. The third-order valence-electron chi connectivity index (χ3n) is 2.41. The van der Waals surface area contributed by atoms with Crippen LogP contribution in [0.5, 0.6) is 0 Å². The monoisotopic (exact) mass is 314 g/mol. The van der Waals surface area contributed by atoms with Crippen molar-refractivity contribution >= 4 is 33.5 Å². The van der Waals surface area contributed by atoms with E-state index in [0.717, 1.165) is 12.0 Å². The lowest BCUT2D eigenvalue weighted by molar-refractivity contribution is -0.140. The van der Waals surface area contributed by atoms with Gasteiger partial charge in [-0.1, -0.05) is 40.3 Å². The first kappa shape index (κ1) is 16.9. The number of ether oxygens (including phenoxy) is 2. The quantitative estimate of drug-likeness (QED) is 0.389. The standard InChI is InChI=1S/C14H18O4S2/c1-11-5-3-4-6-12(11)18-14(16)8-10-20-19-9-7-13(15)17-2/h3-4,6H,1,5,7-10H2,2H3. The highest BCUT2D eigenvalue weighted by Crippen LogP contribution is 2.24. The molecule has 0 saturated carbocycles. The number of allylic oxidation sites excluding steroid dienone is 4. The van der Waals surface area contributed by atoms with E-state index in [4.69, 9.17) is 4.74 Å². The van der Waals surface area contributed by atoms with Gasteiger partial charge in [0, 0.05) is 11.5 Å². The van der Waals surface area contributed by atoms with Crippen LogP contribution in [0.1, 0.15) is 19.3 Å². The van der Waals surface area contributed by atoms with Gasteiger partial charge in [0.05, 0.1) is 20.0 Å². The second kappa shape index (κ2) is 9.72. The molecule has 0 spiro atoms. The molecule has 110 valence electrons. The van der Waals surface area contributed by atoms with Crippen molar-refractivity contribution in [3.63, 3.8) is 0 Å². The molecule has 4 nitrogen and oxygen atoms in total. The average molecular weight is 314 g/mol. The van der Waals surface area contributed by atoms with Gasteiger partial charge in [0.1, 0.15) is 5.76 Å². The molecule has 0 fully saturated rings. The maximum atomic E-state index is 11.6. The molecule has 0 atom stereocenters. The van der Waals surface area contributed by atoms with Crippen LogP contribution in [0, 0.1) is 0 Å². The van der Waals surface area contributed by atoms with Gasteiger partial charge in [-0.3, -0.25) is 9.59 Å². The van der Waals surface area contributed by atoms with E-state index < -0.39 is 0 Å². The van der Waals surface area contributed by atoms with Crippen molar-refractivity contribution in [2.45, 2.75) is 19.3 Å². The van der Waals surface area contributed by atoms with Crippen molar-refractivity contribution in [1.29, 1.82) is 0 Å². The van der Waals surface area contributed by atoms with Gasteiger partial charge >= 0.3 is 11.9 Å². The van der Waals surface area contributed by atoms with E-state index in [1.807, 2.05) is 12.2 Å². The predicted molar refractivity (Wildman–Crippen MR) is 83.2 cm³/mol. The molecule has 0 bridgehead atoms. The van der Waals surface area contributed by atoms with E-state index >= 15 is 0 Å². The van der Waals surface area contributed by atoms with Gasteiger partial charge in [-0.25, -0.2) is 0 Å². The highest BCUT2D eigenvalue weighted by molar-refractivity contribution is 8.76. The summed E-state index contributed by atoms with van der Waals surface area (Å²) in [6, 6.07) is 0. The number of rotatable bonds is 8. The molecule has 0 saturated heterocycles. The summed E-state index contributed by atoms with van der Waals surface area (Å²) in [4.78, 5) is 22.5. The number of methoxy groups -OCH3 is 1. The van der Waals surface area contributed by atoms with E-state index in [1.165, 1.54) is 7.11 Å². The van der Waals surface area contributed by atoms with Crippen molar-refractivity contribution in [3.05, 3.63) is 36.1 Å². The van der Waals surface area contributed by atoms with Crippen molar-refractivity contribution in [1.82, 2.24) is 0 Å². The van der Waals surface area contributed by atoms with Crippen molar-refractivity contribution < 1.29 is 19.1 Å². The van der Waals surface area contributed by atoms with E-state index in [2.05, 4.69) is 11.3 Å². The van der Waals surface area contributed by atoms with Gasteiger partial charge in [0.15, 0.2) is 0 Å². The third kappa shape index (κ3) is 6.86. The molecule has 0 N–H and O–H groups in total. The fraction of sp³-hybridized carbons (Fsp3) is 0.429. The highest BCUT2D eigenvalue weighted by Gasteiger charge is 2.11. The number of carbonyl (C=O) groups is 2. The minimum Gasteiger partial charge on any atom is -0.469 e. The Morgan fingerprint density at radius 3 is 2.50 bits per heavy atom. The zero-order valence-corrected chi connectivity index (χ0v) is 13.1. The fourth-order valence-corrected chi connectivity index (χ4v) is 3.28. The molecule has 1 aliphatic carbocycles. The molecule has 20 heavy (non-hydrogen) atoms. The maximum absolute atomic E-state index is 11.6. The van der Waals surface area contributed by atoms with Crippen molar-refractivity contribution in [2.75, 3.05) is 18.6 Å². The molecule has 0 aromatic heterocycles. The maximum Gasteiger partial charge on any atom is 0.312 e. The molecular formula is C14H18O4S2. The topological polar surface area (TPSA) is 52.6 Å². The smallest absolute Gasteiger partial charge is 0.312 e. The summed E-state index contributed by atoms with van der Waals surface area (Å²) in [6.07, 6.45) is 7.02. The molecule has 1 aliphatic rings. The van der Waals surface area contributed by atoms with Crippen molar-refractivity contribution in [2.24, 2.45) is 0 Å². The molecule has 0 radical (unpaired) electrons. The number of hydrogen-bond acceptors (Lipinski definition) is 6. The Morgan fingerprint density at radius 1 is 1.25 bits per heavy atom. The molecule has 0 unspecified atom stereocenters. The lowest BCUT2D eigenvalue weighted by Gasteiger charge is -2.12. The summed E-state index contributed by atoms with van der Waals surface area (Å²) in [6.45, 7) is 3.84. The lowest BCUT2D eigenvalue weighted by Crippen LogP contribution is -2.07. The first-order valence-corrected chi connectivity index (χ1v) is 8.69. The Labute approximate surface area is 127 Å². The molecule has 0 aromatic rings. The minimum absolute atomic E-state index is 0.215. The summed E-state index contributed by atoms with van der Waals surface area (Å²) in [5, 5.41) is 0. The largest absolute Gasteiger partial charge is 0.469 e. The number of hydrogen-bond donors (Lipinski definition) is 0. The second-order valence-corrected chi connectivity index (χ2v) is 6.66. The van der Waals surface area contributed by atoms with E-state index in [-0.39, 0.29) is 11.9 Å². The Balaban J connectivity index is 2.09. The van der Waals surface area contributed by atoms with Gasteiger partial charge in [0.25, 0.3) is 0 Å². The molecule has 0 amide bonds. The van der Waals surface area contributed by atoms with Crippen LogP contribution in [0.15, 0.2) is 36.1 Å². The summed E-state index contributed by atoms with van der Waals surface area (Å²) >= 11 is 0. The second-order valence-electron chi connectivity index (χ2n) is 3.96. The summed E-state index contributed by atoms with van der Waals surface area (Å²) in [7, 11) is 4.47. The van der Waals surface area contributed by atoms with E-state index in [0.29, 0.717) is 30.1 Å². The molecular weight excluding hydrogens is 296 g/mol.